The first-order valence-corrected chi connectivity index (χ1v) is 10.4. The molecule has 0 fully saturated rings. The molecule has 0 bridgehead atoms. The van der Waals surface area contributed by atoms with Gasteiger partial charge >= 0.3 is 0 Å². The lowest BCUT2D eigenvalue weighted by molar-refractivity contribution is 0.0627. The summed E-state index contributed by atoms with van der Waals surface area (Å²) >= 11 is 0. The molecule has 1 atom stereocenters. The smallest absolute Gasteiger partial charge is 0.214 e. The highest BCUT2D eigenvalue weighted by molar-refractivity contribution is 7.90. The molecule has 1 unspecified atom stereocenters. The van der Waals surface area contributed by atoms with Crippen molar-refractivity contribution in [2.24, 2.45) is 5.73 Å². The Morgan fingerprint density at radius 1 is 1.15 bits per heavy atom. The first-order valence-electron chi connectivity index (χ1n) is 8.87. The molecule has 148 valence electrons. The zero-order valence-corrected chi connectivity index (χ0v) is 16.7. The predicted molar refractivity (Wildman–Crippen MR) is 106 cm³/mol. The molecule has 0 saturated heterocycles. The van der Waals surface area contributed by atoms with Crippen molar-refractivity contribution in [3.63, 3.8) is 0 Å². The van der Waals surface area contributed by atoms with Crippen LogP contribution in [0.5, 0.6) is 0 Å². The monoisotopic (exact) mass is 394 g/mol. The van der Waals surface area contributed by atoms with Gasteiger partial charge in [-0.05, 0) is 62.1 Å². The number of sulfonamides is 1. The van der Waals surface area contributed by atoms with Gasteiger partial charge in [-0.15, -0.1) is 0 Å². The molecule has 0 saturated carbocycles. The second-order valence-electron chi connectivity index (χ2n) is 7.11. The van der Waals surface area contributed by atoms with Gasteiger partial charge in [-0.1, -0.05) is 36.4 Å². The SMILES string of the molecule is CC(C)S(=O)(=O)NCC(C)(O)c1ccc(-c2ccc(CCN)c(F)c2)cc1. The molecule has 2 aromatic rings. The van der Waals surface area contributed by atoms with Crippen molar-refractivity contribution in [1.82, 2.24) is 4.72 Å². The topological polar surface area (TPSA) is 92.4 Å². The van der Waals surface area contributed by atoms with E-state index in [0.717, 1.165) is 11.1 Å². The Hall–Kier alpha value is -1.80. The molecule has 0 heterocycles. The summed E-state index contributed by atoms with van der Waals surface area (Å²) in [4.78, 5) is 0. The van der Waals surface area contributed by atoms with Crippen LogP contribution in [0.25, 0.3) is 11.1 Å². The number of hydrogen-bond donors (Lipinski definition) is 3. The Balaban J connectivity index is 2.17. The maximum absolute atomic E-state index is 14.1. The van der Waals surface area contributed by atoms with Gasteiger partial charge in [0.15, 0.2) is 0 Å². The zero-order valence-electron chi connectivity index (χ0n) is 15.9. The maximum atomic E-state index is 14.1. The summed E-state index contributed by atoms with van der Waals surface area (Å²) in [5.74, 6) is -0.294. The molecule has 0 aliphatic heterocycles. The molecule has 7 heteroatoms. The fourth-order valence-corrected chi connectivity index (χ4v) is 3.43. The summed E-state index contributed by atoms with van der Waals surface area (Å²) in [6, 6.07) is 12.0. The van der Waals surface area contributed by atoms with Gasteiger partial charge in [-0.2, -0.15) is 0 Å². The fraction of sp³-hybridized carbons (Fsp3) is 0.400. The van der Waals surface area contributed by atoms with Gasteiger partial charge in [0, 0.05) is 6.54 Å². The van der Waals surface area contributed by atoms with Gasteiger partial charge in [0.1, 0.15) is 11.4 Å². The van der Waals surface area contributed by atoms with E-state index in [1.165, 1.54) is 6.07 Å². The van der Waals surface area contributed by atoms with E-state index in [0.29, 0.717) is 24.1 Å². The fourth-order valence-electron chi connectivity index (χ4n) is 2.62. The minimum Gasteiger partial charge on any atom is -0.384 e. The molecule has 0 spiro atoms. The van der Waals surface area contributed by atoms with Crippen molar-refractivity contribution >= 4 is 10.0 Å². The van der Waals surface area contributed by atoms with Crippen molar-refractivity contribution in [2.45, 2.75) is 38.0 Å². The third-order valence-electron chi connectivity index (χ3n) is 4.55. The highest BCUT2D eigenvalue weighted by atomic mass is 32.2. The second-order valence-corrected chi connectivity index (χ2v) is 9.43. The van der Waals surface area contributed by atoms with Crippen LogP contribution in [-0.2, 0) is 22.0 Å². The lowest BCUT2D eigenvalue weighted by Crippen LogP contribution is -2.41. The van der Waals surface area contributed by atoms with Crippen LogP contribution in [-0.4, -0.2) is 31.9 Å². The maximum Gasteiger partial charge on any atom is 0.214 e. The molecule has 0 amide bonds. The average molecular weight is 395 g/mol. The Morgan fingerprint density at radius 3 is 2.26 bits per heavy atom. The molecule has 0 radical (unpaired) electrons. The summed E-state index contributed by atoms with van der Waals surface area (Å²) in [6.45, 7) is 4.95. The first-order chi connectivity index (χ1) is 12.6. The lowest BCUT2D eigenvalue weighted by Gasteiger charge is -2.25. The van der Waals surface area contributed by atoms with E-state index >= 15 is 0 Å². The van der Waals surface area contributed by atoms with Crippen LogP contribution >= 0.6 is 0 Å². The highest BCUT2D eigenvalue weighted by Crippen LogP contribution is 2.26. The van der Waals surface area contributed by atoms with E-state index in [9.17, 15) is 17.9 Å². The molecule has 5 nitrogen and oxygen atoms in total. The number of nitrogens with two attached hydrogens (primary N) is 1. The van der Waals surface area contributed by atoms with Crippen LogP contribution in [0.3, 0.4) is 0 Å². The number of hydrogen-bond acceptors (Lipinski definition) is 4. The van der Waals surface area contributed by atoms with E-state index in [4.69, 9.17) is 5.73 Å². The number of rotatable bonds is 8. The number of benzene rings is 2. The quantitative estimate of drug-likeness (QED) is 0.641. The normalized spacial score (nSPS) is 14.3. The van der Waals surface area contributed by atoms with Crippen LogP contribution in [0.4, 0.5) is 4.39 Å². The van der Waals surface area contributed by atoms with Gasteiger partial charge in [-0.25, -0.2) is 17.5 Å². The van der Waals surface area contributed by atoms with Crippen LogP contribution < -0.4 is 10.5 Å². The molecule has 0 aromatic heterocycles. The van der Waals surface area contributed by atoms with E-state index in [1.54, 1.807) is 51.1 Å². The van der Waals surface area contributed by atoms with Crippen LogP contribution in [0, 0.1) is 5.82 Å². The summed E-state index contributed by atoms with van der Waals surface area (Å²) in [5, 5.41) is 10.1. The second kappa shape index (κ2) is 8.48. The van der Waals surface area contributed by atoms with Crippen molar-refractivity contribution in [3.05, 3.63) is 59.4 Å². The third-order valence-corrected chi connectivity index (χ3v) is 6.33. The van der Waals surface area contributed by atoms with Crippen molar-refractivity contribution in [1.29, 1.82) is 0 Å². The van der Waals surface area contributed by atoms with Gasteiger partial charge in [-0.3, -0.25) is 0 Å². The molecule has 0 aliphatic rings. The molecule has 4 N–H and O–H groups in total. The molecule has 2 rings (SSSR count). The third kappa shape index (κ3) is 5.35. The van der Waals surface area contributed by atoms with E-state index in [2.05, 4.69) is 4.72 Å². The molecular weight excluding hydrogens is 367 g/mol. The Kier molecular flexibility index (Phi) is 6.75. The van der Waals surface area contributed by atoms with E-state index in [1.807, 2.05) is 6.07 Å². The van der Waals surface area contributed by atoms with Gasteiger partial charge in [0.05, 0.1) is 5.25 Å². The molecule has 27 heavy (non-hydrogen) atoms. The summed E-state index contributed by atoms with van der Waals surface area (Å²) < 4.78 is 40.3. The molecule has 0 aliphatic carbocycles. The number of aliphatic hydroxyl groups is 1. The highest BCUT2D eigenvalue weighted by Gasteiger charge is 2.26. The lowest BCUT2D eigenvalue weighted by atomic mass is 9.93. The van der Waals surface area contributed by atoms with Crippen molar-refractivity contribution in [2.75, 3.05) is 13.1 Å². The van der Waals surface area contributed by atoms with E-state index < -0.39 is 20.9 Å². The molecule has 2 aromatic carbocycles. The van der Waals surface area contributed by atoms with Gasteiger partial charge in [0.25, 0.3) is 0 Å². The number of halogens is 1. The average Bonchev–Trinajstić information content (AvgIpc) is 2.62. The minimum absolute atomic E-state index is 0.130. The van der Waals surface area contributed by atoms with Crippen LogP contribution in [0.15, 0.2) is 42.5 Å². The number of nitrogens with one attached hydrogen (secondary N) is 1. The van der Waals surface area contributed by atoms with Crippen molar-refractivity contribution < 1.29 is 17.9 Å². The Morgan fingerprint density at radius 2 is 1.74 bits per heavy atom. The van der Waals surface area contributed by atoms with Crippen LogP contribution in [0.1, 0.15) is 31.9 Å². The summed E-state index contributed by atoms with van der Waals surface area (Å²) in [6.07, 6.45) is 0.486. The Bertz CT molecular complexity index is 879. The standard InChI is InChI=1S/C20H27FN2O3S/c1-14(2)27(25,26)23-13-20(3,24)18-8-6-15(7-9-18)17-5-4-16(10-11-22)19(21)12-17/h4-9,12,14,23-24H,10-11,13,22H2,1-3H3. The minimum atomic E-state index is -3.46. The van der Waals surface area contributed by atoms with Crippen LogP contribution in [0.2, 0.25) is 0 Å². The first kappa shape index (κ1) is 21.5. The zero-order chi connectivity index (χ0) is 20.2. The summed E-state index contributed by atoms with van der Waals surface area (Å²) in [7, 11) is -3.46. The van der Waals surface area contributed by atoms with Gasteiger partial charge in [0.2, 0.25) is 10.0 Å². The van der Waals surface area contributed by atoms with Crippen molar-refractivity contribution in [3.8, 4) is 11.1 Å². The predicted octanol–water partition coefficient (Wildman–Crippen LogP) is 2.53. The van der Waals surface area contributed by atoms with Gasteiger partial charge < -0.3 is 10.8 Å². The largest absolute Gasteiger partial charge is 0.384 e. The Labute approximate surface area is 160 Å². The van der Waals surface area contributed by atoms with E-state index in [-0.39, 0.29) is 12.4 Å². The summed E-state index contributed by atoms with van der Waals surface area (Å²) in [5.41, 5.74) is 6.78. The molecular formula is C20H27FN2O3S.